The molecule has 0 aliphatic carbocycles. The molecule has 0 fully saturated rings. The number of nitrogens with one attached hydrogen (secondary N) is 1. The van der Waals surface area contributed by atoms with Crippen LogP contribution in [0, 0.1) is 23.3 Å². The molecular weight excluding hydrogens is 382 g/mol. The SMILES string of the molecule is CSc1nc(Nc2c(F)cc(F)cc2F)c(C=O)c(-c2ccc(F)cc2)n1. The van der Waals surface area contributed by atoms with Crippen LogP contribution >= 0.6 is 11.8 Å². The molecule has 2 aromatic carbocycles. The van der Waals surface area contributed by atoms with Crippen LogP contribution in [-0.2, 0) is 0 Å². The number of carbonyl (C=O) groups excluding carboxylic acids is 1. The number of carbonyl (C=O) groups is 1. The molecule has 0 aliphatic heterocycles. The molecule has 1 aromatic heterocycles. The van der Waals surface area contributed by atoms with E-state index in [1.54, 1.807) is 6.26 Å². The Kier molecular flexibility index (Phi) is 5.41. The van der Waals surface area contributed by atoms with Gasteiger partial charge in [0.05, 0.1) is 11.3 Å². The number of anilines is 2. The minimum Gasteiger partial charge on any atom is -0.335 e. The average molecular weight is 393 g/mol. The van der Waals surface area contributed by atoms with E-state index in [-0.39, 0.29) is 22.2 Å². The number of nitrogens with zero attached hydrogens (tertiary/aromatic N) is 2. The van der Waals surface area contributed by atoms with E-state index in [0.29, 0.717) is 24.0 Å². The summed E-state index contributed by atoms with van der Waals surface area (Å²) in [6.45, 7) is 0. The predicted molar refractivity (Wildman–Crippen MR) is 94.2 cm³/mol. The minimum absolute atomic E-state index is 0.0810. The first-order valence-corrected chi connectivity index (χ1v) is 8.74. The van der Waals surface area contributed by atoms with Crippen molar-refractivity contribution < 1.29 is 22.4 Å². The highest BCUT2D eigenvalue weighted by atomic mass is 32.2. The van der Waals surface area contributed by atoms with Crippen molar-refractivity contribution in [2.45, 2.75) is 5.16 Å². The monoisotopic (exact) mass is 393 g/mol. The number of aromatic nitrogens is 2. The third-order valence-corrected chi connectivity index (χ3v) is 4.14. The molecule has 27 heavy (non-hydrogen) atoms. The van der Waals surface area contributed by atoms with Crippen molar-refractivity contribution in [3.05, 3.63) is 65.2 Å². The highest BCUT2D eigenvalue weighted by Gasteiger charge is 2.19. The van der Waals surface area contributed by atoms with Crippen molar-refractivity contribution in [3.8, 4) is 11.3 Å². The number of halogens is 4. The summed E-state index contributed by atoms with van der Waals surface area (Å²) in [5.41, 5.74) is -0.160. The molecule has 1 heterocycles. The molecule has 0 radical (unpaired) electrons. The normalized spacial score (nSPS) is 10.7. The Labute approximate surface area is 155 Å². The number of benzene rings is 2. The van der Waals surface area contributed by atoms with E-state index in [4.69, 9.17) is 0 Å². The maximum atomic E-state index is 14.0. The fraction of sp³-hybridized carbons (Fsp3) is 0.0556. The molecule has 1 N–H and O–H groups in total. The molecule has 0 spiro atoms. The molecule has 3 aromatic rings. The molecular formula is C18H11F4N3OS. The fourth-order valence-corrected chi connectivity index (χ4v) is 2.72. The van der Waals surface area contributed by atoms with E-state index in [9.17, 15) is 22.4 Å². The molecule has 0 atom stereocenters. The van der Waals surface area contributed by atoms with Gasteiger partial charge in [0.15, 0.2) is 23.1 Å². The summed E-state index contributed by atoms with van der Waals surface area (Å²) in [4.78, 5) is 20.0. The molecule has 3 rings (SSSR count). The predicted octanol–water partition coefficient (Wildman–Crippen LogP) is 4.98. The summed E-state index contributed by atoms with van der Waals surface area (Å²) in [7, 11) is 0. The highest BCUT2D eigenvalue weighted by molar-refractivity contribution is 7.98. The zero-order valence-electron chi connectivity index (χ0n) is 13.8. The summed E-state index contributed by atoms with van der Waals surface area (Å²) >= 11 is 1.14. The van der Waals surface area contributed by atoms with E-state index in [2.05, 4.69) is 15.3 Å². The van der Waals surface area contributed by atoms with E-state index < -0.39 is 29.0 Å². The number of aldehydes is 1. The third kappa shape index (κ3) is 3.92. The Morgan fingerprint density at radius 1 is 0.963 bits per heavy atom. The summed E-state index contributed by atoms with van der Waals surface area (Å²) in [6, 6.07) is 6.22. The van der Waals surface area contributed by atoms with Gasteiger partial charge in [0.2, 0.25) is 0 Å². The summed E-state index contributed by atoms with van der Waals surface area (Å²) < 4.78 is 54.2. The van der Waals surface area contributed by atoms with Crippen LogP contribution in [0.25, 0.3) is 11.3 Å². The van der Waals surface area contributed by atoms with Crippen molar-refractivity contribution in [1.82, 2.24) is 9.97 Å². The lowest BCUT2D eigenvalue weighted by atomic mass is 10.1. The number of thioether (sulfide) groups is 1. The van der Waals surface area contributed by atoms with Crippen LogP contribution in [0.5, 0.6) is 0 Å². The van der Waals surface area contributed by atoms with E-state index >= 15 is 0 Å². The number of hydrogen-bond acceptors (Lipinski definition) is 5. The lowest BCUT2D eigenvalue weighted by Gasteiger charge is -2.14. The molecule has 9 heteroatoms. The Hall–Kier alpha value is -2.94. The van der Waals surface area contributed by atoms with Gasteiger partial charge < -0.3 is 5.32 Å². The Morgan fingerprint density at radius 2 is 1.59 bits per heavy atom. The second kappa shape index (κ2) is 7.75. The van der Waals surface area contributed by atoms with Gasteiger partial charge in [0.1, 0.15) is 23.1 Å². The van der Waals surface area contributed by atoms with Gasteiger partial charge in [-0.3, -0.25) is 4.79 Å². The lowest BCUT2D eigenvalue weighted by molar-refractivity contribution is 0.112. The van der Waals surface area contributed by atoms with E-state index in [1.165, 1.54) is 24.3 Å². The lowest BCUT2D eigenvalue weighted by Crippen LogP contribution is -2.07. The number of rotatable bonds is 5. The second-order valence-corrected chi connectivity index (χ2v) is 6.09. The molecule has 0 amide bonds. The molecule has 138 valence electrons. The topological polar surface area (TPSA) is 54.9 Å². The Balaban J connectivity index is 2.17. The van der Waals surface area contributed by atoms with Crippen LogP contribution in [0.3, 0.4) is 0 Å². The van der Waals surface area contributed by atoms with Gasteiger partial charge >= 0.3 is 0 Å². The van der Waals surface area contributed by atoms with Gasteiger partial charge in [-0.05, 0) is 30.5 Å². The maximum absolute atomic E-state index is 14.0. The molecule has 0 saturated heterocycles. The van der Waals surface area contributed by atoms with E-state index in [0.717, 1.165) is 11.8 Å². The first-order valence-electron chi connectivity index (χ1n) is 7.51. The molecule has 0 bridgehead atoms. The molecule has 0 aliphatic rings. The van der Waals surface area contributed by atoms with Crippen molar-refractivity contribution in [2.24, 2.45) is 0 Å². The van der Waals surface area contributed by atoms with Gasteiger partial charge in [-0.25, -0.2) is 27.5 Å². The van der Waals surface area contributed by atoms with Crippen molar-refractivity contribution in [2.75, 3.05) is 11.6 Å². The van der Waals surface area contributed by atoms with Crippen LogP contribution in [0.15, 0.2) is 41.6 Å². The smallest absolute Gasteiger partial charge is 0.189 e. The number of hydrogen-bond donors (Lipinski definition) is 1. The summed E-state index contributed by atoms with van der Waals surface area (Å²) in [5, 5.41) is 2.61. The third-order valence-electron chi connectivity index (χ3n) is 3.59. The van der Waals surface area contributed by atoms with Gasteiger partial charge in [0.25, 0.3) is 0 Å². The average Bonchev–Trinajstić information content (AvgIpc) is 2.64. The van der Waals surface area contributed by atoms with Crippen LogP contribution < -0.4 is 5.32 Å². The van der Waals surface area contributed by atoms with E-state index in [1.807, 2.05) is 0 Å². The van der Waals surface area contributed by atoms with Crippen molar-refractivity contribution in [3.63, 3.8) is 0 Å². The van der Waals surface area contributed by atoms with Crippen molar-refractivity contribution in [1.29, 1.82) is 0 Å². The second-order valence-electron chi connectivity index (χ2n) is 5.32. The standard InChI is InChI=1S/C18H11F4N3OS/c1-27-18-24-15(9-2-4-10(19)5-3-9)12(8-26)17(25-18)23-16-13(21)6-11(20)7-14(16)22/h2-8H,1H3,(H,23,24,25). The molecule has 4 nitrogen and oxygen atoms in total. The summed E-state index contributed by atoms with van der Waals surface area (Å²) in [6.07, 6.45) is 2.09. The van der Waals surface area contributed by atoms with Gasteiger partial charge in [-0.15, -0.1) is 0 Å². The Morgan fingerprint density at radius 3 is 2.15 bits per heavy atom. The van der Waals surface area contributed by atoms with Crippen molar-refractivity contribution >= 4 is 29.6 Å². The first-order chi connectivity index (χ1) is 12.9. The highest BCUT2D eigenvalue weighted by Crippen LogP contribution is 2.31. The van der Waals surface area contributed by atoms with Gasteiger partial charge in [-0.1, -0.05) is 11.8 Å². The quantitative estimate of drug-likeness (QED) is 0.287. The Bertz CT molecular complexity index is 989. The van der Waals surface area contributed by atoms with Gasteiger partial charge in [0, 0.05) is 17.7 Å². The molecule has 0 saturated carbocycles. The first kappa shape index (κ1) is 18.8. The molecule has 0 unspecified atom stereocenters. The largest absolute Gasteiger partial charge is 0.335 e. The fourth-order valence-electron chi connectivity index (χ4n) is 2.35. The zero-order valence-corrected chi connectivity index (χ0v) is 14.6. The van der Waals surface area contributed by atoms with Crippen LogP contribution in [0.1, 0.15) is 10.4 Å². The van der Waals surface area contributed by atoms with Crippen LogP contribution in [0.2, 0.25) is 0 Å². The van der Waals surface area contributed by atoms with Crippen LogP contribution in [-0.4, -0.2) is 22.5 Å². The maximum Gasteiger partial charge on any atom is 0.189 e. The minimum atomic E-state index is -1.18. The zero-order chi connectivity index (χ0) is 19.6. The van der Waals surface area contributed by atoms with Crippen LogP contribution in [0.4, 0.5) is 29.1 Å². The van der Waals surface area contributed by atoms with Gasteiger partial charge in [-0.2, -0.15) is 0 Å². The summed E-state index contributed by atoms with van der Waals surface area (Å²) in [5.74, 6) is -4.08.